The number of hydrogen-bond acceptors (Lipinski definition) is 6. The van der Waals surface area contributed by atoms with Gasteiger partial charge in [0.05, 0.1) is 6.04 Å². The van der Waals surface area contributed by atoms with Crippen molar-refractivity contribution in [3.63, 3.8) is 0 Å². The zero-order chi connectivity index (χ0) is 15.0. The van der Waals surface area contributed by atoms with Crippen LogP contribution in [-0.4, -0.2) is 24.6 Å². The SMILES string of the molecule is CCc1cnc(C(C)Nc2cc3n[nH]c(=O)n3c(C)n2)s1. The Morgan fingerprint density at radius 3 is 3.05 bits per heavy atom. The fourth-order valence-corrected chi connectivity index (χ4v) is 3.00. The summed E-state index contributed by atoms with van der Waals surface area (Å²) in [6, 6.07) is 1.80. The molecular formula is C13H16N6OS. The molecule has 0 bridgehead atoms. The molecule has 110 valence electrons. The Labute approximate surface area is 125 Å². The fourth-order valence-electron chi connectivity index (χ4n) is 2.14. The van der Waals surface area contributed by atoms with Gasteiger partial charge in [-0.3, -0.25) is 0 Å². The van der Waals surface area contributed by atoms with E-state index in [0.29, 0.717) is 17.3 Å². The van der Waals surface area contributed by atoms with Crippen LogP contribution < -0.4 is 11.0 Å². The molecule has 0 aliphatic rings. The zero-order valence-corrected chi connectivity index (χ0v) is 12.9. The third-order valence-corrected chi connectivity index (χ3v) is 4.55. The van der Waals surface area contributed by atoms with E-state index in [1.54, 1.807) is 24.3 Å². The van der Waals surface area contributed by atoms with Crippen molar-refractivity contribution < 1.29 is 0 Å². The maximum Gasteiger partial charge on any atom is 0.349 e. The molecule has 3 heterocycles. The molecule has 0 amide bonds. The standard InChI is InChI=1S/C13H16N6OS/c1-4-9-6-14-12(21-9)7(2)15-10-5-11-17-18-13(20)19(11)8(3)16-10/h5-7,15H,4H2,1-3H3,(H,18,20). The highest BCUT2D eigenvalue weighted by Crippen LogP contribution is 2.23. The highest BCUT2D eigenvalue weighted by atomic mass is 32.1. The van der Waals surface area contributed by atoms with E-state index in [-0.39, 0.29) is 11.7 Å². The van der Waals surface area contributed by atoms with E-state index < -0.39 is 0 Å². The number of H-pyrrole nitrogens is 1. The number of aromatic nitrogens is 5. The van der Waals surface area contributed by atoms with Crippen molar-refractivity contribution in [2.45, 2.75) is 33.2 Å². The summed E-state index contributed by atoms with van der Waals surface area (Å²) >= 11 is 1.69. The van der Waals surface area contributed by atoms with Gasteiger partial charge in [-0.2, -0.15) is 5.10 Å². The lowest BCUT2D eigenvalue weighted by Gasteiger charge is -2.12. The summed E-state index contributed by atoms with van der Waals surface area (Å²) in [4.78, 5) is 21.6. The van der Waals surface area contributed by atoms with Crippen LogP contribution in [-0.2, 0) is 6.42 Å². The summed E-state index contributed by atoms with van der Waals surface area (Å²) in [5.41, 5.74) is 0.276. The van der Waals surface area contributed by atoms with Gasteiger partial charge in [-0.1, -0.05) is 6.92 Å². The topological polar surface area (TPSA) is 88.0 Å². The summed E-state index contributed by atoms with van der Waals surface area (Å²) in [5.74, 6) is 1.27. The normalized spacial score (nSPS) is 12.7. The molecule has 7 nitrogen and oxygen atoms in total. The third-order valence-electron chi connectivity index (χ3n) is 3.22. The van der Waals surface area contributed by atoms with Crippen molar-refractivity contribution in [1.82, 2.24) is 24.6 Å². The molecule has 0 saturated carbocycles. The first-order chi connectivity index (χ1) is 10.1. The first-order valence-electron chi connectivity index (χ1n) is 6.74. The molecule has 0 fully saturated rings. The Bertz CT molecular complexity index is 833. The maximum absolute atomic E-state index is 11.6. The van der Waals surface area contributed by atoms with Crippen LogP contribution in [0.1, 0.15) is 35.6 Å². The van der Waals surface area contributed by atoms with E-state index in [9.17, 15) is 4.79 Å². The predicted octanol–water partition coefficient (Wildman–Crippen LogP) is 1.92. The van der Waals surface area contributed by atoms with Crippen molar-refractivity contribution in [3.8, 4) is 0 Å². The Morgan fingerprint density at radius 2 is 2.33 bits per heavy atom. The molecule has 2 N–H and O–H groups in total. The number of hydrogen-bond donors (Lipinski definition) is 2. The van der Waals surface area contributed by atoms with Gasteiger partial charge in [0.25, 0.3) is 0 Å². The van der Waals surface area contributed by atoms with Crippen LogP contribution in [0.4, 0.5) is 5.82 Å². The van der Waals surface area contributed by atoms with E-state index in [1.165, 1.54) is 9.28 Å². The Morgan fingerprint density at radius 1 is 1.52 bits per heavy atom. The van der Waals surface area contributed by atoms with E-state index in [2.05, 4.69) is 32.4 Å². The summed E-state index contributed by atoms with van der Waals surface area (Å²) < 4.78 is 1.44. The van der Waals surface area contributed by atoms with Crippen molar-refractivity contribution in [2.75, 3.05) is 5.32 Å². The first-order valence-corrected chi connectivity index (χ1v) is 7.56. The Balaban J connectivity index is 1.89. The predicted molar refractivity (Wildman–Crippen MR) is 81.9 cm³/mol. The molecule has 3 aromatic heterocycles. The lowest BCUT2D eigenvalue weighted by molar-refractivity contribution is 0.848. The largest absolute Gasteiger partial charge is 0.361 e. The molecule has 3 rings (SSSR count). The minimum Gasteiger partial charge on any atom is -0.361 e. The van der Waals surface area contributed by atoms with E-state index in [0.717, 1.165) is 11.4 Å². The number of fused-ring (bicyclic) bond motifs is 1. The van der Waals surface area contributed by atoms with Gasteiger partial charge in [-0.15, -0.1) is 11.3 Å². The molecule has 0 spiro atoms. The van der Waals surface area contributed by atoms with E-state index in [4.69, 9.17) is 0 Å². The molecule has 0 aliphatic heterocycles. The highest BCUT2D eigenvalue weighted by Gasteiger charge is 2.13. The first kappa shape index (κ1) is 13.7. The van der Waals surface area contributed by atoms with Gasteiger partial charge >= 0.3 is 5.69 Å². The Hall–Kier alpha value is -2.22. The molecule has 0 saturated heterocycles. The molecule has 1 unspecified atom stereocenters. The second-order valence-electron chi connectivity index (χ2n) is 4.80. The molecule has 0 radical (unpaired) electrons. The minimum absolute atomic E-state index is 0.0512. The molecule has 1 atom stereocenters. The molecule has 0 aliphatic carbocycles. The summed E-state index contributed by atoms with van der Waals surface area (Å²) in [6.45, 7) is 5.93. The highest BCUT2D eigenvalue weighted by molar-refractivity contribution is 7.11. The second kappa shape index (κ2) is 5.28. The van der Waals surface area contributed by atoms with E-state index in [1.807, 2.05) is 13.1 Å². The van der Waals surface area contributed by atoms with Crippen molar-refractivity contribution in [3.05, 3.63) is 38.5 Å². The number of nitrogens with one attached hydrogen (secondary N) is 2. The molecule has 0 aromatic carbocycles. The Kier molecular flexibility index (Phi) is 3.46. The van der Waals surface area contributed by atoms with Gasteiger partial charge in [-0.05, 0) is 20.3 Å². The minimum atomic E-state index is -0.276. The van der Waals surface area contributed by atoms with Crippen LogP contribution in [0.3, 0.4) is 0 Å². The van der Waals surface area contributed by atoms with Gasteiger partial charge in [0.1, 0.15) is 16.6 Å². The summed E-state index contributed by atoms with van der Waals surface area (Å²) in [7, 11) is 0. The van der Waals surface area contributed by atoms with E-state index >= 15 is 0 Å². The average Bonchev–Trinajstić information content (AvgIpc) is 3.06. The number of aromatic amines is 1. The monoisotopic (exact) mass is 304 g/mol. The summed E-state index contributed by atoms with van der Waals surface area (Å²) in [6.07, 6.45) is 2.90. The van der Waals surface area contributed by atoms with Crippen LogP contribution in [0, 0.1) is 6.92 Å². The fraction of sp³-hybridized carbons (Fsp3) is 0.385. The van der Waals surface area contributed by atoms with Crippen molar-refractivity contribution >= 4 is 22.8 Å². The van der Waals surface area contributed by atoms with Gasteiger partial charge < -0.3 is 5.32 Å². The number of thiazole rings is 1. The smallest absolute Gasteiger partial charge is 0.349 e. The quantitative estimate of drug-likeness (QED) is 0.769. The third kappa shape index (κ3) is 2.54. The van der Waals surface area contributed by atoms with Crippen molar-refractivity contribution in [2.24, 2.45) is 0 Å². The van der Waals surface area contributed by atoms with Gasteiger partial charge in [0.15, 0.2) is 5.65 Å². The lowest BCUT2D eigenvalue weighted by Crippen LogP contribution is -2.15. The molecule has 21 heavy (non-hydrogen) atoms. The average molecular weight is 304 g/mol. The van der Waals surface area contributed by atoms with Crippen LogP contribution in [0.15, 0.2) is 17.1 Å². The maximum atomic E-state index is 11.6. The van der Waals surface area contributed by atoms with Crippen molar-refractivity contribution in [1.29, 1.82) is 0 Å². The molecule has 3 aromatic rings. The van der Waals surface area contributed by atoms with Crippen LogP contribution in [0.25, 0.3) is 5.65 Å². The van der Waals surface area contributed by atoms with Crippen LogP contribution >= 0.6 is 11.3 Å². The number of aryl methyl sites for hydroxylation is 2. The number of nitrogens with zero attached hydrogens (tertiary/aromatic N) is 4. The second-order valence-corrected chi connectivity index (χ2v) is 5.94. The molecular weight excluding hydrogens is 288 g/mol. The number of rotatable bonds is 4. The van der Waals surface area contributed by atoms with Gasteiger partial charge in [0, 0.05) is 17.1 Å². The van der Waals surface area contributed by atoms with Gasteiger partial charge in [-0.25, -0.2) is 24.3 Å². The van der Waals surface area contributed by atoms with Gasteiger partial charge in [0.2, 0.25) is 0 Å². The molecule has 8 heteroatoms. The van der Waals surface area contributed by atoms with Crippen LogP contribution in [0.5, 0.6) is 0 Å². The summed E-state index contributed by atoms with van der Waals surface area (Å²) in [5, 5.41) is 10.7. The van der Waals surface area contributed by atoms with Crippen LogP contribution in [0.2, 0.25) is 0 Å². The lowest BCUT2D eigenvalue weighted by atomic mass is 10.3. The zero-order valence-electron chi connectivity index (χ0n) is 12.0. The number of anilines is 1.